The fraction of sp³-hybridized carbons (Fsp3) is 0.318. The summed E-state index contributed by atoms with van der Waals surface area (Å²) in [4.78, 5) is 23.1. The number of nitrogens with one attached hydrogen (secondary N) is 1. The van der Waals surface area contributed by atoms with Gasteiger partial charge in [-0.3, -0.25) is 9.59 Å². The number of halogens is 1. The molecule has 2 aromatic carbocycles. The van der Waals surface area contributed by atoms with E-state index in [-0.39, 0.29) is 30.1 Å². The molecular formula is C22H24FN3O4. The minimum Gasteiger partial charge on any atom is -0.483 e. The molecule has 0 aromatic heterocycles. The molecule has 7 nitrogen and oxygen atoms in total. The average molecular weight is 413 g/mol. The molecule has 0 bridgehead atoms. The average Bonchev–Trinajstić information content (AvgIpc) is 3.08. The van der Waals surface area contributed by atoms with Crippen LogP contribution in [0.4, 0.5) is 4.39 Å². The van der Waals surface area contributed by atoms with E-state index in [0.29, 0.717) is 12.2 Å². The van der Waals surface area contributed by atoms with E-state index in [1.807, 2.05) is 20.0 Å². The molecule has 1 fully saturated rings. The summed E-state index contributed by atoms with van der Waals surface area (Å²) in [7, 11) is 2.01. The number of ether oxygens (including phenoxy) is 1. The van der Waals surface area contributed by atoms with Gasteiger partial charge in [-0.25, -0.2) is 4.39 Å². The third-order valence-corrected chi connectivity index (χ3v) is 4.71. The molecule has 1 aliphatic heterocycles. The number of hydrogen-bond acceptors (Lipinski definition) is 5. The van der Waals surface area contributed by atoms with Crippen LogP contribution in [0.15, 0.2) is 42.5 Å². The molecule has 1 heterocycles. The van der Waals surface area contributed by atoms with Gasteiger partial charge in [-0.1, -0.05) is 18.2 Å². The zero-order valence-corrected chi connectivity index (χ0v) is 16.8. The van der Waals surface area contributed by atoms with Crippen molar-refractivity contribution in [3.8, 4) is 17.2 Å². The van der Waals surface area contributed by atoms with Crippen LogP contribution in [0.5, 0.6) is 0 Å². The molecule has 8 heteroatoms. The van der Waals surface area contributed by atoms with E-state index in [4.69, 9.17) is 19.9 Å². The quantitative estimate of drug-likeness (QED) is 0.731. The first-order valence-corrected chi connectivity index (χ1v) is 9.42. The molecule has 0 unspecified atom stereocenters. The van der Waals surface area contributed by atoms with Crippen molar-refractivity contribution < 1.29 is 23.8 Å². The number of carboxylic acid groups (broad SMARTS) is 1. The molecule has 1 amide bonds. The normalized spacial score (nSPS) is 18.1. The number of carbonyl (C=O) groups is 2. The third-order valence-electron chi connectivity index (χ3n) is 4.71. The smallest absolute Gasteiger partial charge is 0.290 e. The van der Waals surface area contributed by atoms with Crippen LogP contribution < -0.4 is 5.32 Å². The number of carbonyl (C=O) groups excluding carboxylic acids is 1. The Morgan fingerprint density at radius 1 is 1.30 bits per heavy atom. The molecule has 2 atom stereocenters. The number of nitriles is 1. The second-order valence-corrected chi connectivity index (χ2v) is 6.78. The van der Waals surface area contributed by atoms with E-state index >= 15 is 0 Å². The van der Waals surface area contributed by atoms with Gasteiger partial charge in [0, 0.05) is 25.3 Å². The van der Waals surface area contributed by atoms with Gasteiger partial charge < -0.3 is 20.1 Å². The van der Waals surface area contributed by atoms with E-state index in [1.54, 1.807) is 30.3 Å². The van der Waals surface area contributed by atoms with E-state index in [0.717, 1.165) is 24.2 Å². The SMILES string of the molecule is CCO[C@H]1CN(C)C[C@@H]1NC(=O)c1ccc(-c2ccc(F)c(C#N)c2)cc1.O=CO. The molecule has 3 rings (SSSR count). The van der Waals surface area contributed by atoms with Crippen LogP contribution in [0, 0.1) is 17.1 Å². The van der Waals surface area contributed by atoms with Crippen molar-refractivity contribution >= 4 is 12.4 Å². The molecule has 2 aromatic rings. The number of amides is 1. The van der Waals surface area contributed by atoms with Gasteiger partial charge in [-0.15, -0.1) is 0 Å². The topological polar surface area (TPSA) is 103 Å². The highest BCUT2D eigenvalue weighted by atomic mass is 19.1. The van der Waals surface area contributed by atoms with Crippen LogP contribution in [0.25, 0.3) is 11.1 Å². The molecule has 2 N–H and O–H groups in total. The summed E-state index contributed by atoms with van der Waals surface area (Å²) in [5, 5.41) is 18.9. The molecule has 158 valence electrons. The predicted molar refractivity (Wildman–Crippen MR) is 109 cm³/mol. The van der Waals surface area contributed by atoms with Gasteiger partial charge in [0.1, 0.15) is 11.9 Å². The highest BCUT2D eigenvalue weighted by molar-refractivity contribution is 5.95. The lowest BCUT2D eigenvalue weighted by molar-refractivity contribution is -0.122. The highest BCUT2D eigenvalue weighted by Crippen LogP contribution is 2.22. The number of likely N-dealkylation sites (N-methyl/N-ethyl adjacent to an activating group) is 1. The van der Waals surface area contributed by atoms with E-state index in [1.165, 1.54) is 12.1 Å². The van der Waals surface area contributed by atoms with Crippen LogP contribution in [0.1, 0.15) is 22.8 Å². The van der Waals surface area contributed by atoms with Crippen LogP contribution in [0.3, 0.4) is 0 Å². The Morgan fingerprint density at radius 2 is 1.93 bits per heavy atom. The van der Waals surface area contributed by atoms with Gasteiger partial charge in [0.05, 0.1) is 17.7 Å². The van der Waals surface area contributed by atoms with Crippen molar-refractivity contribution in [2.24, 2.45) is 0 Å². The third kappa shape index (κ3) is 5.86. The maximum Gasteiger partial charge on any atom is 0.290 e. The largest absolute Gasteiger partial charge is 0.483 e. The fourth-order valence-corrected chi connectivity index (χ4v) is 3.34. The maximum atomic E-state index is 13.5. The Kier molecular flexibility index (Phi) is 8.47. The van der Waals surface area contributed by atoms with Gasteiger partial charge in [-0.05, 0) is 49.4 Å². The molecule has 0 saturated carbocycles. The maximum absolute atomic E-state index is 13.5. The number of rotatable bonds is 5. The first-order chi connectivity index (χ1) is 14.4. The van der Waals surface area contributed by atoms with Crippen molar-refractivity contribution in [1.29, 1.82) is 5.26 Å². The zero-order chi connectivity index (χ0) is 22.1. The summed E-state index contributed by atoms with van der Waals surface area (Å²) >= 11 is 0. The van der Waals surface area contributed by atoms with E-state index < -0.39 is 5.82 Å². The Hall–Kier alpha value is -3.28. The molecule has 1 aliphatic rings. The summed E-state index contributed by atoms with van der Waals surface area (Å²) in [6.45, 7) is 3.86. The van der Waals surface area contributed by atoms with Crippen LogP contribution in [0.2, 0.25) is 0 Å². The summed E-state index contributed by atoms with van der Waals surface area (Å²) in [6.07, 6.45) is -0.00755. The van der Waals surface area contributed by atoms with Gasteiger partial charge in [0.25, 0.3) is 12.4 Å². The van der Waals surface area contributed by atoms with E-state index in [2.05, 4.69) is 10.2 Å². The second-order valence-electron chi connectivity index (χ2n) is 6.78. The van der Waals surface area contributed by atoms with Crippen LogP contribution in [-0.4, -0.2) is 61.3 Å². The number of benzene rings is 2. The fourth-order valence-electron chi connectivity index (χ4n) is 3.34. The molecule has 1 saturated heterocycles. The summed E-state index contributed by atoms with van der Waals surface area (Å²) in [5.74, 6) is -0.689. The summed E-state index contributed by atoms with van der Waals surface area (Å²) in [6, 6.07) is 13.2. The van der Waals surface area contributed by atoms with Crippen molar-refractivity contribution in [2.45, 2.75) is 19.1 Å². The molecule has 0 aliphatic carbocycles. The number of likely N-dealkylation sites (tertiary alicyclic amines) is 1. The van der Waals surface area contributed by atoms with Gasteiger partial charge >= 0.3 is 0 Å². The zero-order valence-electron chi connectivity index (χ0n) is 16.8. The molecule has 0 radical (unpaired) electrons. The Labute approximate surface area is 174 Å². The Bertz CT molecular complexity index is 912. The lowest BCUT2D eigenvalue weighted by Crippen LogP contribution is -2.43. The number of nitrogens with zero attached hydrogens (tertiary/aromatic N) is 2. The van der Waals surface area contributed by atoms with Crippen LogP contribution in [-0.2, 0) is 9.53 Å². The van der Waals surface area contributed by atoms with Crippen molar-refractivity contribution in [2.75, 3.05) is 26.7 Å². The van der Waals surface area contributed by atoms with E-state index in [9.17, 15) is 9.18 Å². The molecule has 30 heavy (non-hydrogen) atoms. The minimum atomic E-state index is -0.539. The first kappa shape index (κ1) is 23.0. The minimum absolute atomic E-state index is 0.00152. The Morgan fingerprint density at radius 3 is 2.53 bits per heavy atom. The van der Waals surface area contributed by atoms with Crippen molar-refractivity contribution in [1.82, 2.24) is 10.2 Å². The number of hydrogen-bond donors (Lipinski definition) is 2. The second kappa shape index (κ2) is 11.0. The van der Waals surface area contributed by atoms with Crippen LogP contribution >= 0.6 is 0 Å². The van der Waals surface area contributed by atoms with Crippen molar-refractivity contribution in [3.05, 3.63) is 59.4 Å². The lowest BCUT2D eigenvalue weighted by atomic mass is 10.0. The highest BCUT2D eigenvalue weighted by Gasteiger charge is 2.32. The molecular weight excluding hydrogens is 389 g/mol. The monoisotopic (exact) mass is 413 g/mol. The summed E-state index contributed by atoms with van der Waals surface area (Å²) < 4.78 is 19.2. The molecule has 0 spiro atoms. The van der Waals surface area contributed by atoms with Gasteiger partial charge in [-0.2, -0.15) is 5.26 Å². The lowest BCUT2D eigenvalue weighted by Gasteiger charge is -2.19. The standard InChI is InChI=1S/C21H22FN3O2.CH2O2/c1-3-27-20-13-25(2)12-19(20)24-21(26)15-6-4-14(5-7-15)16-8-9-18(22)17(10-16)11-23;2-1-3/h4-10,19-20H,3,12-13H2,1-2H3,(H,24,26);1H,(H,2,3)/t19-,20-;/m0./s1. The predicted octanol–water partition coefficient (Wildman–Crippen LogP) is 2.51. The van der Waals surface area contributed by atoms with Gasteiger partial charge in [0.2, 0.25) is 0 Å². The Balaban J connectivity index is 0.00000101. The summed E-state index contributed by atoms with van der Waals surface area (Å²) in [5.41, 5.74) is 2.09. The first-order valence-electron chi connectivity index (χ1n) is 9.42. The van der Waals surface area contributed by atoms with Crippen molar-refractivity contribution in [3.63, 3.8) is 0 Å². The van der Waals surface area contributed by atoms with Gasteiger partial charge in [0.15, 0.2) is 0 Å².